The van der Waals surface area contributed by atoms with Gasteiger partial charge in [0, 0.05) is 12.5 Å². The molecule has 0 aromatic heterocycles. The molecular formula is C18H25FN2O6. The predicted octanol–water partition coefficient (Wildman–Crippen LogP) is 3.26. The lowest BCUT2D eigenvalue weighted by Crippen LogP contribution is -2.57. The molecule has 0 aromatic carbocycles. The van der Waals surface area contributed by atoms with Crippen LogP contribution < -0.4 is 0 Å². The Kier molecular flexibility index (Phi) is 5.96. The summed E-state index contributed by atoms with van der Waals surface area (Å²) < 4.78 is 30.3. The zero-order valence-corrected chi connectivity index (χ0v) is 16.6. The minimum absolute atomic E-state index is 0.303. The summed E-state index contributed by atoms with van der Waals surface area (Å²) in [6.45, 7) is 9.30. The van der Waals surface area contributed by atoms with E-state index in [-0.39, 0.29) is 0 Å². The lowest BCUT2D eigenvalue weighted by Gasteiger charge is -2.33. The topological polar surface area (TPSA) is 106 Å². The van der Waals surface area contributed by atoms with E-state index >= 15 is 4.39 Å². The standard InChI is InChI=1S/C18H25FN2O6/c1-15(2,3)26-13(23)21(14(24)27-16(4,5)6)18(12(22)25-7)11-17(18,19)9-8-10-20/h8-9H,11H2,1-7H3/b9-8+/t17-,18-/m0/s1. The number of esters is 1. The molecule has 0 saturated heterocycles. The van der Waals surface area contributed by atoms with E-state index in [2.05, 4.69) is 4.74 Å². The maximum atomic E-state index is 15.3. The smallest absolute Gasteiger partial charge is 0.421 e. The van der Waals surface area contributed by atoms with Crippen molar-refractivity contribution in [3.05, 3.63) is 12.2 Å². The van der Waals surface area contributed by atoms with E-state index in [0.717, 1.165) is 19.3 Å². The summed E-state index contributed by atoms with van der Waals surface area (Å²) in [7, 11) is 0.999. The molecule has 0 heterocycles. The number of ether oxygens (including phenoxy) is 3. The van der Waals surface area contributed by atoms with E-state index in [0.29, 0.717) is 4.90 Å². The van der Waals surface area contributed by atoms with E-state index in [1.807, 2.05) is 0 Å². The molecule has 1 fully saturated rings. The largest absolute Gasteiger partial charge is 0.467 e. The lowest BCUT2D eigenvalue weighted by molar-refractivity contribution is -0.150. The van der Waals surface area contributed by atoms with Gasteiger partial charge in [-0.3, -0.25) is 0 Å². The fraction of sp³-hybridized carbons (Fsp3) is 0.667. The van der Waals surface area contributed by atoms with Crippen LogP contribution in [0, 0.1) is 11.3 Å². The molecule has 1 aliphatic carbocycles. The molecule has 9 heteroatoms. The molecule has 27 heavy (non-hydrogen) atoms. The van der Waals surface area contributed by atoms with Crippen molar-refractivity contribution in [3.8, 4) is 6.07 Å². The monoisotopic (exact) mass is 384 g/mol. The number of hydrogen-bond acceptors (Lipinski definition) is 7. The Morgan fingerprint density at radius 2 is 1.52 bits per heavy atom. The molecule has 1 saturated carbocycles. The summed E-state index contributed by atoms with van der Waals surface area (Å²) in [6, 6.07) is 1.61. The van der Waals surface area contributed by atoms with E-state index in [1.165, 1.54) is 0 Å². The highest BCUT2D eigenvalue weighted by molar-refractivity contribution is 6.01. The van der Waals surface area contributed by atoms with Crippen molar-refractivity contribution in [1.29, 1.82) is 5.26 Å². The van der Waals surface area contributed by atoms with Gasteiger partial charge in [0.1, 0.15) is 11.2 Å². The van der Waals surface area contributed by atoms with Crippen molar-refractivity contribution in [2.75, 3.05) is 7.11 Å². The molecule has 8 nitrogen and oxygen atoms in total. The molecule has 0 unspecified atom stereocenters. The van der Waals surface area contributed by atoms with Gasteiger partial charge in [-0.25, -0.2) is 18.8 Å². The molecule has 2 amide bonds. The second kappa shape index (κ2) is 7.18. The third kappa shape index (κ3) is 4.76. The molecule has 0 aromatic rings. The number of allylic oxidation sites excluding steroid dienone is 1. The van der Waals surface area contributed by atoms with Gasteiger partial charge in [0.05, 0.1) is 13.2 Å². The van der Waals surface area contributed by atoms with Crippen LogP contribution in [0.25, 0.3) is 0 Å². The fourth-order valence-electron chi connectivity index (χ4n) is 2.46. The van der Waals surface area contributed by atoms with Crippen LogP contribution in [0.15, 0.2) is 12.2 Å². The summed E-state index contributed by atoms with van der Waals surface area (Å²) in [5.74, 6) is -1.16. The maximum absolute atomic E-state index is 15.3. The number of carbonyl (C=O) groups excluding carboxylic acids is 3. The average molecular weight is 384 g/mol. The summed E-state index contributed by atoms with van der Waals surface area (Å²) >= 11 is 0. The highest BCUT2D eigenvalue weighted by atomic mass is 19.1. The second-order valence-corrected chi connectivity index (χ2v) is 8.15. The van der Waals surface area contributed by atoms with Crippen LogP contribution in [0.1, 0.15) is 48.0 Å². The number of hydrogen-bond donors (Lipinski definition) is 0. The zero-order valence-electron chi connectivity index (χ0n) is 16.6. The normalized spacial score (nSPS) is 24.7. The van der Waals surface area contributed by atoms with Gasteiger partial charge in [-0.2, -0.15) is 10.2 Å². The third-order valence-corrected chi connectivity index (χ3v) is 3.55. The molecule has 0 spiro atoms. The number of halogens is 1. The quantitative estimate of drug-likeness (QED) is 0.418. The molecule has 150 valence electrons. The van der Waals surface area contributed by atoms with Crippen LogP contribution in [0.4, 0.5) is 14.0 Å². The van der Waals surface area contributed by atoms with Crippen LogP contribution in [0.2, 0.25) is 0 Å². The van der Waals surface area contributed by atoms with Crippen molar-refractivity contribution in [2.45, 2.75) is 70.4 Å². The Hall–Kier alpha value is -2.63. The van der Waals surface area contributed by atoms with Crippen LogP contribution in [-0.4, -0.2) is 52.6 Å². The van der Waals surface area contributed by atoms with Crippen LogP contribution in [0.3, 0.4) is 0 Å². The van der Waals surface area contributed by atoms with Crippen molar-refractivity contribution < 1.29 is 33.0 Å². The summed E-state index contributed by atoms with van der Waals surface area (Å²) in [4.78, 5) is 38.1. The number of alkyl halides is 1. The van der Waals surface area contributed by atoms with Gasteiger partial charge in [-0.1, -0.05) is 0 Å². The summed E-state index contributed by atoms with van der Waals surface area (Å²) in [5.41, 5.74) is -6.85. The van der Waals surface area contributed by atoms with Crippen molar-refractivity contribution in [3.63, 3.8) is 0 Å². The molecule has 0 bridgehead atoms. The Morgan fingerprint density at radius 3 is 1.85 bits per heavy atom. The first-order chi connectivity index (χ1) is 12.1. The Labute approximate surface area is 157 Å². The first kappa shape index (κ1) is 22.4. The van der Waals surface area contributed by atoms with Crippen LogP contribution in [0.5, 0.6) is 0 Å². The Bertz CT molecular complexity index is 672. The first-order valence-electron chi connectivity index (χ1n) is 8.24. The summed E-state index contributed by atoms with van der Waals surface area (Å²) in [6.07, 6.45) is -1.46. The lowest BCUT2D eigenvalue weighted by atomic mass is 10.1. The number of nitriles is 1. The molecule has 2 atom stereocenters. The molecule has 0 N–H and O–H groups in total. The van der Waals surface area contributed by atoms with E-state index in [1.54, 1.807) is 47.6 Å². The highest BCUT2D eigenvalue weighted by Gasteiger charge is 2.80. The van der Waals surface area contributed by atoms with E-state index in [4.69, 9.17) is 14.7 Å². The average Bonchev–Trinajstić information content (AvgIpc) is 3.07. The Balaban J connectivity index is 3.48. The second-order valence-electron chi connectivity index (χ2n) is 8.15. The molecule has 1 rings (SSSR count). The van der Waals surface area contributed by atoms with Gasteiger partial charge in [-0.15, -0.1) is 0 Å². The molecule has 0 radical (unpaired) electrons. The number of rotatable bonds is 3. The van der Waals surface area contributed by atoms with Crippen molar-refractivity contribution >= 4 is 18.2 Å². The minimum atomic E-state index is -2.48. The molecule has 0 aliphatic heterocycles. The van der Waals surface area contributed by atoms with Crippen molar-refractivity contribution in [2.24, 2.45) is 0 Å². The SMILES string of the molecule is COC(=O)[C@@]1(N(C(=O)OC(C)(C)C)C(=O)OC(C)(C)C)C[C@@]1(F)/C=C/C#N. The third-order valence-electron chi connectivity index (χ3n) is 3.55. The fourth-order valence-corrected chi connectivity index (χ4v) is 2.46. The number of imide groups is 1. The van der Waals surface area contributed by atoms with Gasteiger partial charge in [-0.05, 0) is 47.6 Å². The predicted molar refractivity (Wildman–Crippen MR) is 92.3 cm³/mol. The Morgan fingerprint density at radius 1 is 1.07 bits per heavy atom. The first-order valence-corrected chi connectivity index (χ1v) is 8.24. The maximum Gasteiger partial charge on any atom is 0.421 e. The molecular weight excluding hydrogens is 359 g/mol. The molecule has 1 aliphatic rings. The number of carbonyl (C=O) groups is 3. The minimum Gasteiger partial charge on any atom is -0.467 e. The van der Waals surface area contributed by atoms with Crippen molar-refractivity contribution in [1.82, 2.24) is 4.90 Å². The van der Waals surface area contributed by atoms with Gasteiger partial charge >= 0.3 is 18.2 Å². The van der Waals surface area contributed by atoms with Gasteiger partial charge in [0.15, 0.2) is 11.2 Å². The van der Waals surface area contributed by atoms with Crippen LogP contribution in [-0.2, 0) is 19.0 Å². The van der Waals surface area contributed by atoms with Gasteiger partial charge in [0.2, 0.25) is 0 Å². The highest BCUT2D eigenvalue weighted by Crippen LogP contribution is 2.58. The number of nitrogens with zero attached hydrogens (tertiary/aromatic N) is 2. The number of methoxy groups -OCH3 is 1. The van der Waals surface area contributed by atoms with Gasteiger partial charge in [0.25, 0.3) is 0 Å². The van der Waals surface area contributed by atoms with E-state index in [9.17, 15) is 14.4 Å². The van der Waals surface area contributed by atoms with E-state index < -0.39 is 47.0 Å². The zero-order chi connectivity index (χ0) is 21.3. The van der Waals surface area contributed by atoms with Crippen LogP contribution >= 0.6 is 0 Å². The van der Waals surface area contributed by atoms with Gasteiger partial charge < -0.3 is 14.2 Å². The number of amides is 2. The summed E-state index contributed by atoms with van der Waals surface area (Å²) in [5, 5.41) is 8.67.